The second-order valence-electron chi connectivity index (χ2n) is 2.98. The molecule has 1 heterocycles. The van der Waals surface area contributed by atoms with Crippen molar-refractivity contribution >= 4 is 17.4 Å². The Bertz CT molecular complexity index is 464. The normalized spacial score (nSPS) is 10.3. The summed E-state index contributed by atoms with van der Waals surface area (Å²) in [4.78, 5) is 7.88. The fourth-order valence-corrected chi connectivity index (χ4v) is 1.41. The summed E-state index contributed by atoms with van der Waals surface area (Å²) in [7, 11) is 0. The number of anilines is 1. The average molecular weight is 224 g/mol. The van der Waals surface area contributed by atoms with E-state index in [1.54, 1.807) is 6.07 Å². The summed E-state index contributed by atoms with van der Waals surface area (Å²) in [5, 5.41) is 0.323. The number of halogens is 2. The molecule has 3 nitrogen and oxygen atoms in total. The van der Waals surface area contributed by atoms with Crippen LogP contribution in [0.25, 0.3) is 11.3 Å². The van der Waals surface area contributed by atoms with E-state index in [0.29, 0.717) is 22.1 Å². The highest BCUT2D eigenvalue weighted by Crippen LogP contribution is 2.22. The summed E-state index contributed by atoms with van der Waals surface area (Å²) >= 11 is 5.72. The molecule has 5 heteroatoms. The van der Waals surface area contributed by atoms with E-state index in [1.807, 2.05) is 0 Å². The van der Waals surface area contributed by atoms with E-state index in [1.165, 1.54) is 24.5 Å². The third kappa shape index (κ3) is 2.22. The zero-order valence-corrected chi connectivity index (χ0v) is 8.37. The van der Waals surface area contributed by atoms with Crippen LogP contribution in [0.15, 0.2) is 30.6 Å². The number of nitrogens with zero attached hydrogens (tertiary/aromatic N) is 2. The predicted octanol–water partition coefficient (Wildman–Crippen LogP) is 2.52. The van der Waals surface area contributed by atoms with Gasteiger partial charge in [-0.3, -0.25) is 4.98 Å². The molecule has 0 aliphatic rings. The van der Waals surface area contributed by atoms with Crippen molar-refractivity contribution in [2.75, 3.05) is 5.73 Å². The zero-order chi connectivity index (χ0) is 10.8. The Balaban J connectivity index is 2.49. The molecule has 0 atom stereocenters. The topological polar surface area (TPSA) is 51.8 Å². The van der Waals surface area contributed by atoms with Gasteiger partial charge < -0.3 is 5.73 Å². The number of hydrogen-bond acceptors (Lipinski definition) is 3. The van der Waals surface area contributed by atoms with Crippen LogP contribution in [0, 0.1) is 5.82 Å². The van der Waals surface area contributed by atoms with Crippen LogP contribution >= 0.6 is 11.6 Å². The minimum atomic E-state index is -0.406. The van der Waals surface area contributed by atoms with E-state index in [4.69, 9.17) is 17.3 Å². The van der Waals surface area contributed by atoms with E-state index >= 15 is 0 Å². The highest BCUT2D eigenvalue weighted by molar-refractivity contribution is 6.30. The largest absolute Gasteiger partial charge is 0.382 e. The number of nitrogen functional groups attached to an aromatic ring is 1. The summed E-state index contributed by atoms with van der Waals surface area (Å²) in [6, 6.07) is 4.19. The Kier molecular flexibility index (Phi) is 2.51. The van der Waals surface area contributed by atoms with Crippen molar-refractivity contribution in [3.05, 3.63) is 41.4 Å². The molecule has 0 fully saturated rings. The second-order valence-corrected chi connectivity index (χ2v) is 3.42. The Morgan fingerprint density at radius 3 is 2.53 bits per heavy atom. The fourth-order valence-electron chi connectivity index (χ4n) is 1.19. The number of benzene rings is 1. The van der Waals surface area contributed by atoms with Gasteiger partial charge in [-0.05, 0) is 18.2 Å². The summed E-state index contributed by atoms with van der Waals surface area (Å²) in [6.07, 6.45) is 2.88. The monoisotopic (exact) mass is 223 g/mol. The minimum absolute atomic E-state index is 0.321. The van der Waals surface area contributed by atoms with Gasteiger partial charge in [-0.25, -0.2) is 9.37 Å². The third-order valence-corrected chi connectivity index (χ3v) is 2.05. The first kappa shape index (κ1) is 9.86. The summed E-state index contributed by atoms with van der Waals surface area (Å²) in [5.41, 5.74) is 6.50. The lowest BCUT2D eigenvalue weighted by Gasteiger charge is -2.01. The molecule has 0 bridgehead atoms. The van der Waals surface area contributed by atoms with Crippen molar-refractivity contribution in [2.24, 2.45) is 0 Å². The maximum absolute atomic E-state index is 13.0. The molecular weight excluding hydrogens is 217 g/mol. The SMILES string of the molecule is Nc1cnc(-c2cc(F)cc(Cl)c2)cn1. The third-order valence-electron chi connectivity index (χ3n) is 1.83. The van der Waals surface area contributed by atoms with Gasteiger partial charge in [-0.15, -0.1) is 0 Å². The highest BCUT2D eigenvalue weighted by atomic mass is 35.5. The molecule has 0 unspecified atom stereocenters. The Labute approximate surface area is 90.7 Å². The van der Waals surface area contributed by atoms with Gasteiger partial charge in [0.25, 0.3) is 0 Å². The van der Waals surface area contributed by atoms with E-state index in [9.17, 15) is 4.39 Å². The van der Waals surface area contributed by atoms with Crippen LogP contribution in [0.2, 0.25) is 5.02 Å². The lowest BCUT2D eigenvalue weighted by atomic mass is 10.1. The first-order chi connectivity index (χ1) is 7.15. The molecule has 0 radical (unpaired) electrons. The molecule has 15 heavy (non-hydrogen) atoms. The molecule has 76 valence electrons. The Morgan fingerprint density at radius 1 is 1.13 bits per heavy atom. The van der Waals surface area contributed by atoms with Gasteiger partial charge in [0.15, 0.2) is 0 Å². The van der Waals surface area contributed by atoms with Crippen molar-refractivity contribution in [2.45, 2.75) is 0 Å². The number of hydrogen-bond donors (Lipinski definition) is 1. The van der Waals surface area contributed by atoms with E-state index in [-0.39, 0.29) is 0 Å². The summed E-state index contributed by atoms with van der Waals surface area (Å²) in [6.45, 7) is 0. The molecular formula is C10H7ClFN3. The van der Waals surface area contributed by atoms with Crippen LogP contribution < -0.4 is 5.73 Å². The smallest absolute Gasteiger partial charge is 0.141 e. The zero-order valence-electron chi connectivity index (χ0n) is 7.61. The van der Waals surface area contributed by atoms with Crippen LogP contribution in [0.5, 0.6) is 0 Å². The molecule has 0 saturated carbocycles. The van der Waals surface area contributed by atoms with Crippen LogP contribution in [0.1, 0.15) is 0 Å². The minimum Gasteiger partial charge on any atom is -0.382 e. The van der Waals surface area contributed by atoms with Crippen molar-refractivity contribution in [1.82, 2.24) is 9.97 Å². The van der Waals surface area contributed by atoms with Crippen LogP contribution in [-0.4, -0.2) is 9.97 Å². The highest BCUT2D eigenvalue weighted by Gasteiger charge is 2.03. The van der Waals surface area contributed by atoms with E-state index in [2.05, 4.69) is 9.97 Å². The molecule has 0 aliphatic carbocycles. The van der Waals surface area contributed by atoms with Crippen molar-refractivity contribution in [3.8, 4) is 11.3 Å². The van der Waals surface area contributed by atoms with Crippen molar-refractivity contribution < 1.29 is 4.39 Å². The molecule has 0 amide bonds. The van der Waals surface area contributed by atoms with Crippen molar-refractivity contribution in [3.63, 3.8) is 0 Å². The Morgan fingerprint density at radius 2 is 1.93 bits per heavy atom. The molecule has 1 aromatic heterocycles. The number of rotatable bonds is 1. The lowest BCUT2D eigenvalue weighted by Crippen LogP contribution is -1.92. The molecule has 0 aliphatic heterocycles. The van der Waals surface area contributed by atoms with E-state index in [0.717, 1.165) is 0 Å². The Hall–Kier alpha value is -1.68. The van der Waals surface area contributed by atoms with Gasteiger partial charge >= 0.3 is 0 Å². The lowest BCUT2D eigenvalue weighted by molar-refractivity contribution is 0.628. The molecule has 2 rings (SSSR count). The summed E-state index contributed by atoms with van der Waals surface area (Å²) < 4.78 is 13.0. The standard InChI is InChI=1S/C10H7ClFN3/c11-7-1-6(2-8(12)3-7)9-4-15-10(13)5-14-9/h1-5H,(H2,13,15). The molecule has 2 aromatic rings. The average Bonchev–Trinajstić information content (AvgIpc) is 2.17. The maximum Gasteiger partial charge on any atom is 0.141 e. The van der Waals surface area contributed by atoms with Crippen LogP contribution in [0.4, 0.5) is 10.2 Å². The summed E-state index contributed by atoms with van der Waals surface area (Å²) in [5.74, 6) is -0.0858. The quantitative estimate of drug-likeness (QED) is 0.808. The first-order valence-electron chi connectivity index (χ1n) is 4.19. The predicted molar refractivity (Wildman–Crippen MR) is 56.8 cm³/mol. The van der Waals surface area contributed by atoms with Gasteiger partial charge in [0.1, 0.15) is 11.6 Å². The van der Waals surface area contributed by atoms with Gasteiger partial charge in [0.2, 0.25) is 0 Å². The molecule has 0 spiro atoms. The number of aromatic nitrogens is 2. The molecule has 2 N–H and O–H groups in total. The van der Waals surface area contributed by atoms with Crippen molar-refractivity contribution in [1.29, 1.82) is 0 Å². The molecule has 1 aromatic carbocycles. The molecule has 0 saturated heterocycles. The van der Waals surface area contributed by atoms with Gasteiger partial charge in [-0.2, -0.15) is 0 Å². The van der Waals surface area contributed by atoms with Gasteiger partial charge in [-0.1, -0.05) is 11.6 Å². The van der Waals surface area contributed by atoms with E-state index < -0.39 is 5.82 Å². The van der Waals surface area contributed by atoms with Crippen LogP contribution in [-0.2, 0) is 0 Å². The number of nitrogens with two attached hydrogens (primary N) is 1. The first-order valence-corrected chi connectivity index (χ1v) is 4.57. The maximum atomic E-state index is 13.0. The van der Waals surface area contributed by atoms with Gasteiger partial charge in [0.05, 0.1) is 18.1 Å². The second kappa shape index (κ2) is 3.82. The fraction of sp³-hybridized carbons (Fsp3) is 0. The van der Waals surface area contributed by atoms with Gasteiger partial charge in [0, 0.05) is 10.6 Å². The van der Waals surface area contributed by atoms with Crippen LogP contribution in [0.3, 0.4) is 0 Å².